The van der Waals surface area contributed by atoms with E-state index in [1.165, 1.54) is 5.56 Å². The summed E-state index contributed by atoms with van der Waals surface area (Å²) in [5.74, 6) is -0.354. The quantitative estimate of drug-likeness (QED) is 0.391. The van der Waals surface area contributed by atoms with E-state index in [9.17, 15) is 9.59 Å². The van der Waals surface area contributed by atoms with Crippen LogP contribution in [0.5, 0.6) is 0 Å². The third-order valence-electron chi connectivity index (χ3n) is 4.07. The zero-order valence-corrected chi connectivity index (χ0v) is 15.1. The lowest BCUT2D eigenvalue weighted by atomic mass is 10.1. The molecule has 1 aliphatic rings. The predicted octanol–water partition coefficient (Wildman–Crippen LogP) is 4.03. The van der Waals surface area contributed by atoms with Gasteiger partial charge in [-0.3, -0.25) is 14.9 Å². The molecule has 1 heterocycles. The normalized spacial score (nSPS) is 15.3. The first kappa shape index (κ1) is 18.1. The van der Waals surface area contributed by atoms with E-state index >= 15 is 0 Å². The van der Waals surface area contributed by atoms with Gasteiger partial charge in [-0.05, 0) is 60.4 Å². The molecule has 26 heavy (non-hydrogen) atoms. The maximum atomic E-state index is 11.6. The number of amides is 2. The summed E-state index contributed by atoms with van der Waals surface area (Å²) in [4.78, 5) is 23.3. The second-order valence-electron chi connectivity index (χ2n) is 6.07. The lowest BCUT2D eigenvalue weighted by Gasteiger charge is -2.10. The Kier molecular flexibility index (Phi) is 5.96. The zero-order valence-electron chi connectivity index (χ0n) is 14.3. The number of nitrogens with one attached hydrogen (secondary N) is 2. The lowest BCUT2D eigenvalue weighted by Crippen LogP contribution is -2.17. The highest BCUT2D eigenvalue weighted by Crippen LogP contribution is 2.28. The molecule has 0 bridgehead atoms. The van der Waals surface area contributed by atoms with Gasteiger partial charge in [-0.15, -0.1) is 0 Å². The van der Waals surface area contributed by atoms with Gasteiger partial charge < -0.3 is 11.1 Å². The van der Waals surface area contributed by atoms with Crippen molar-refractivity contribution in [3.05, 3.63) is 64.6 Å². The van der Waals surface area contributed by atoms with Crippen molar-refractivity contribution >= 4 is 40.4 Å². The SMILES string of the molecule is Nc1ccc(/C=C2/SC(=O)NC2=O)cc1NCCCCc1ccccc1. The van der Waals surface area contributed by atoms with E-state index in [0.29, 0.717) is 10.6 Å². The Hall–Kier alpha value is -2.73. The van der Waals surface area contributed by atoms with Gasteiger partial charge in [-0.1, -0.05) is 36.4 Å². The number of carbonyl (C=O) groups excluding carboxylic acids is 2. The topological polar surface area (TPSA) is 84.2 Å². The number of aryl methyl sites for hydroxylation is 1. The maximum Gasteiger partial charge on any atom is 0.290 e. The second-order valence-corrected chi connectivity index (χ2v) is 7.08. The molecule has 0 saturated carbocycles. The highest BCUT2D eigenvalue weighted by atomic mass is 32.2. The number of hydrogen-bond acceptors (Lipinski definition) is 5. The van der Waals surface area contributed by atoms with Gasteiger partial charge in [-0.25, -0.2) is 0 Å². The average molecular weight is 367 g/mol. The summed E-state index contributed by atoms with van der Waals surface area (Å²) in [7, 11) is 0. The van der Waals surface area contributed by atoms with E-state index in [-0.39, 0.29) is 11.1 Å². The summed E-state index contributed by atoms with van der Waals surface area (Å²) >= 11 is 0.911. The molecule has 6 heteroatoms. The van der Waals surface area contributed by atoms with Crippen molar-refractivity contribution in [2.24, 2.45) is 0 Å². The van der Waals surface area contributed by atoms with Gasteiger partial charge in [-0.2, -0.15) is 0 Å². The van der Waals surface area contributed by atoms with Gasteiger partial charge >= 0.3 is 0 Å². The average Bonchev–Trinajstić information content (AvgIpc) is 2.95. The smallest absolute Gasteiger partial charge is 0.290 e. The molecule has 2 amide bonds. The molecule has 0 aliphatic carbocycles. The number of anilines is 2. The highest BCUT2D eigenvalue weighted by Gasteiger charge is 2.24. The number of benzene rings is 2. The Bertz CT molecular complexity index is 834. The zero-order chi connectivity index (χ0) is 18.4. The van der Waals surface area contributed by atoms with Crippen LogP contribution in [0.4, 0.5) is 16.2 Å². The summed E-state index contributed by atoms with van der Waals surface area (Å²) in [6, 6.07) is 16.0. The first-order chi connectivity index (χ1) is 12.6. The molecular weight excluding hydrogens is 346 g/mol. The third kappa shape index (κ3) is 4.89. The Balaban J connectivity index is 1.54. The first-order valence-electron chi connectivity index (χ1n) is 8.54. The van der Waals surface area contributed by atoms with Crippen LogP contribution in [0.2, 0.25) is 0 Å². The van der Waals surface area contributed by atoms with Crippen molar-refractivity contribution < 1.29 is 9.59 Å². The second kappa shape index (κ2) is 8.58. The molecule has 0 atom stereocenters. The molecule has 0 spiro atoms. The molecule has 2 aromatic rings. The third-order valence-corrected chi connectivity index (χ3v) is 4.88. The van der Waals surface area contributed by atoms with E-state index in [1.807, 2.05) is 18.2 Å². The number of imide groups is 1. The fourth-order valence-corrected chi connectivity index (χ4v) is 3.39. The minimum absolute atomic E-state index is 0.339. The molecule has 1 fully saturated rings. The van der Waals surface area contributed by atoms with Crippen LogP contribution in [-0.2, 0) is 11.2 Å². The van der Waals surface area contributed by atoms with Crippen LogP contribution in [-0.4, -0.2) is 17.7 Å². The summed E-state index contributed by atoms with van der Waals surface area (Å²) in [6.07, 6.45) is 4.89. The van der Waals surface area contributed by atoms with E-state index in [0.717, 1.165) is 48.8 Å². The monoisotopic (exact) mass is 367 g/mol. The maximum absolute atomic E-state index is 11.6. The van der Waals surface area contributed by atoms with E-state index in [4.69, 9.17) is 5.73 Å². The minimum atomic E-state index is -0.354. The van der Waals surface area contributed by atoms with Crippen LogP contribution >= 0.6 is 11.8 Å². The highest BCUT2D eigenvalue weighted by molar-refractivity contribution is 8.18. The summed E-state index contributed by atoms with van der Waals surface area (Å²) in [5.41, 5.74) is 9.72. The molecule has 0 aromatic heterocycles. The van der Waals surface area contributed by atoms with Gasteiger partial charge in [0.15, 0.2) is 0 Å². The van der Waals surface area contributed by atoms with E-state index in [1.54, 1.807) is 12.1 Å². The molecular formula is C20H21N3O2S. The van der Waals surface area contributed by atoms with Crippen molar-refractivity contribution in [1.82, 2.24) is 5.32 Å². The molecule has 2 aromatic carbocycles. The number of carbonyl (C=O) groups is 2. The van der Waals surface area contributed by atoms with Crippen LogP contribution in [0, 0.1) is 0 Å². The summed E-state index contributed by atoms with van der Waals surface area (Å²) in [6.45, 7) is 0.824. The number of nitrogens with two attached hydrogens (primary N) is 1. The number of rotatable bonds is 7. The molecule has 4 N–H and O–H groups in total. The van der Waals surface area contributed by atoms with Crippen LogP contribution in [0.15, 0.2) is 53.4 Å². The molecule has 1 aliphatic heterocycles. The minimum Gasteiger partial charge on any atom is -0.397 e. The van der Waals surface area contributed by atoms with Crippen molar-refractivity contribution in [3.8, 4) is 0 Å². The van der Waals surface area contributed by atoms with E-state index < -0.39 is 0 Å². The van der Waals surface area contributed by atoms with Crippen molar-refractivity contribution in [2.75, 3.05) is 17.6 Å². The first-order valence-corrected chi connectivity index (χ1v) is 9.35. The van der Waals surface area contributed by atoms with Crippen molar-refractivity contribution in [1.29, 1.82) is 0 Å². The Morgan fingerprint density at radius 2 is 1.88 bits per heavy atom. The largest absolute Gasteiger partial charge is 0.397 e. The van der Waals surface area contributed by atoms with Crippen LogP contribution in [0.3, 0.4) is 0 Å². The standard InChI is InChI=1S/C20H21N3O2S/c21-16-10-9-15(13-18-19(24)23-20(25)26-18)12-17(16)22-11-5-4-8-14-6-2-1-3-7-14/h1-3,6-7,9-10,12-13,22H,4-5,8,11,21H2,(H,23,24,25)/b18-13+. The molecule has 3 rings (SSSR count). The fraction of sp³-hybridized carbons (Fsp3) is 0.200. The fourth-order valence-electron chi connectivity index (χ4n) is 2.71. The number of nitrogen functional groups attached to an aromatic ring is 1. The van der Waals surface area contributed by atoms with Gasteiger partial charge in [0.2, 0.25) is 0 Å². The van der Waals surface area contributed by atoms with Crippen LogP contribution in [0.25, 0.3) is 6.08 Å². The lowest BCUT2D eigenvalue weighted by molar-refractivity contribution is -0.115. The predicted molar refractivity (Wildman–Crippen MR) is 108 cm³/mol. The summed E-state index contributed by atoms with van der Waals surface area (Å²) < 4.78 is 0. The number of unbranched alkanes of at least 4 members (excludes halogenated alkanes) is 1. The van der Waals surface area contributed by atoms with Crippen LogP contribution in [0.1, 0.15) is 24.0 Å². The summed E-state index contributed by atoms with van der Waals surface area (Å²) in [5, 5.41) is 5.27. The van der Waals surface area contributed by atoms with Crippen LogP contribution < -0.4 is 16.4 Å². The van der Waals surface area contributed by atoms with Gasteiger partial charge in [0.25, 0.3) is 11.1 Å². The van der Waals surface area contributed by atoms with Crippen molar-refractivity contribution in [3.63, 3.8) is 0 Å². The molecule has 134 valence electrons. The molecule has 0 radical (unpaired) electrons. The Morgan fingerprint density at radius 1 is 1.08 bits per heavy atom. The van der Waals surface area contributed by atoms with Gasteiger partial charge in [0.05, 0.1) is 16.3 Å². The Labute approximate surface area is 157 Å². The van der Waals surface area contributed by atoms with Gasteiger partial charge in [0.1, 0.15) is 0 Å². The molecule has 1 saturated heterocycles. The molecule has 0 unspecified atom stereocenters. The number of thioether (sulfide) groups is 1. The van der Waals surface area contributed by atoms with Crippen molar-refractivity contribution in [2.45, 2.75) is 19.3 Å². The number of hydrogen-bond donors (Lipinski definition) is 3. The Morgan fingerprint density at radius 3 is 2.62 bits per heavy atom. The van der Waals surface area contributed by atoms with E-state index in [2.05, 4.69) is 34.9 Å². The molecule has 5 nitrogen and oxygen atoms in total. The van der Waals surface area contributed by atoms with Gasteiger partial charge in [0, 0.05) is 6.54 Å².